The Labute approximate surface area is 162 Å². The summed E-state index contributed by atoms with van der Waals surface area (Å²) in [6, 6.07) is 0.406. The normalized spacial score (nSPS) is 24.9. The fraction of sp³-hybridized carbons (Fsp3) is 0.810. The first-order valence-corrected chi connectivity index (χ1v) is 10.8. The SMILES string of the molecule is CCn1ccnc1CN(C(=O)CCC1CCOCC1)[C@H]1CC12CCNCC2. The Bertz CT molecular complexity index is 632. The van der Waals surface area contributed by atoms with Crippen LogP contribution in [0.1, 0.15) is 57.7 Å². The van der Waals surface area contributed by atoms with E-state index in [0.29, 0.717) is 36.2 Å². The average Bonchev–Trinajstić information content (AvgIpc) is 3.18. The van der Waals surface area contributed by atoms with Gasteiger partial charge in [-0.15, -0.1) is 0 Å². The highest BCUT2D eigenvalue weighted by Crippen LogP contribution is 2.56. The van der Waals surface area contributed by atoms with Crippen LogP contribution in [-0.2, 0) is 22.6 Å². The number of aryl methyl sites for hydroxylation is 1. The van der Waals surface area contributed by atoms with Crippen LogP contribution in [0.25, 0.3) is 0 Å². The zero-order chi connectivity index (χ0) is 18.7. The Balaban J connectivity index is 1.43. The molecule has 0 bridgehead atoms. The first kappa shape index (κ1) is 18.9. The molecular weight excluding hydrogens is 340 g/mol. The second kappa shape index (κ2) is 8.31. The van der Waals surface area contributed by atoms with E-state index in [0.717, 1.165) is 57.9 Å². The molecule has 3 aliphatic rings. The summed E-state index contributed by atoms with van der Waals surface area (Å²) in [5.41, 5.74) is 0.364. The fourth-order valence-corrected chi connectivity index (χ4v) is 5.04. The summed E-state index contributed by atoms with van der Waals surface area (Å²) in [5.74, 6) is 2.00. The minimum absolute atomic E-state index is 0.326. The third-order valence-electron chi connectivity index (χ3n) is 7.00. The molecule has 1 amide bonds. The van der Waals surface area contributed by atoms with Gasteiger partial charge in [0.15, 0.2) is 0 Å². The van der Waals surface area contributed by atoms with Crippen LogP contribution in [0.3, 0.4) is 0 Å². The molecule has 1 atom stereocenters. The number of imidazole rings is 1. The van der Waals surface area contributed by atoms with Gasteiger partial charge in [0.05, 0.1) is 6.54 Å². The second-order valence-electron chi connectivity index (χ2n) is 8.58. The number of carbonyl (C=O) groups excluding carboxylic acids is 1. The summed E-state index contributed by atoms with van der Waals surface area (Å²) in [7, 11) is 0. The molecule has 3 fully saturated rings. The van der Waals surface area contributed by atoms with Crippen molar-refractivity contribution in [2.24, 2.45) is 11.3 Å². The van der Waals surface area contributed by atoms with Crippen LogP contribution in [-0.4, -0.2) is 52.7 Å². The van der Waals surface area contributed by atoms with E-state index in [-0.39, 0.29) is 0 Å². The zero-order valence-corrected chi connectivity index (χ0v) is 16.7. The Morgan fingerprint density at radius 1 is 1.37 bits per heavy atom. The number of hydrogen-bond acceptors (Lipinski definition) is 4. The summed E-state index contributed by atoms with van der Waals surface area (Å²) in [6.45, 7) is 7.58. The highest BCUT2D eigenvalue weighted by Gasteiger charge is 2.57. The van der Waals surface area contributed by atoms with Crippen molar-refractivity contribution in [3.05, 3.63) is 18.2 Å². The smallest absolute Gasteiger partial charge is 0.223 e. The molecule has 6 heteroatoms. The minimum Gasteiger partial charge on any atom is -0.381 e. The molecule has 1 aromatic rings. The Kier molecular flexibility index (Phi) is 5.83. The molecule has 1 N–H and O–H groups in total. The maximum Gasteiger partial charge on any atom is 0.223 e. The van der Waals surface area contributed by atoms with Gasteiger partial charge in [-0.3, -0.25) is 4.79 Å². The predicted molar refractivity (Wildman–Crippen MR) is 104 cm³/mol. The maximum absolute atomic E-state index is 13.3. The lowest BCUT2D eigenvalue weighted by atomic mass is 9.93. The molecule has 6 nitrogen and oxygen atoms in total. The van der Waals surface area contributed by atoms with E-state index in [1.165, 1.54) is 19.3 Å². The number of hydrogen-bond donors (Lipinski definition) is 1. The van der Waals surface area contributed by atoms with Gasteiger partial charge in [-0.05, 0) is 69.9 Å². The van der Waals surface area contributed by atoms with Crippen molar-refractivity contribution in [3.8, 4) is 0 Å². The molecule has 0 aromatic carbocycles. The molecule has 3 heterocycles. The number of aromatic nitrogens is 2. The van der Waals surface area contributed by atoms with Gasteiger partial charge < -0.3 is 19.5 Å². The van der Waals surface area contributed by atoms with Gasteiger partial charge in [-0.25, -0.2) is 4.98 Å². The van der Waals surface area contributed by atoms with Crippen molar-refractivity contribution in [3.63, 3.8) is 0 Å². The quantitative estimate of drug-likeness (QED) is 0.797. The molecule has 0 radical (unpaired) electrons. The lowest BCUT2D eigenvalue weighted by molar-refractivity contribution is -0.133. The molecule has 1 spiro atoms. The van der Waals surface area contributed by atoms with Gasteiger partial charge in [0.2, 0.25) is 5.91 Å². The molecule has 2 saturated heterocycles. The number of nitrogens with one attached hydrogen (secondary N) is 1. The van der Waals surface area contributed by atoms with Crippen LogP contribution in [0.4, 0.5) is 0 Å². The first-order chi connectivity index (χ1) is 13.2. The molecule has 27 heavy (non-hydrogen) atoms. The molecule has 2 aliphatic heterocycles. The second-order valence-corrected chi connectivity index (χ2v) is 8.58. The van der Waals surface area contributed by atoms with Gasteiger partial charge in [0, 0.05) is 44.6 Å². The number of carbonyl (C=O) groups is 1. The van der Waals surface area contributed by atoms with Crippen molar-refractivity contribution in [1.29, 1.82) is 0 Å². The average molecular weight is 375 g/mol. The molecular formula is C21H34N4O2. The van der Waals surface area contributed by atoms with Crippen molar-refractivity contribution in [2.75, 3.05) is 26.3 Å². The summed E-state index contributed by atoms with van der Waals surface area (Å²) in [5, 5.41) is 3.47. The molecule has 1 aliphatic carbocycles. The number of amides is 1. The number of rotatable bonds is 7. The topological polar surface area (TPSA) is 59.4 Å². The van der Waals surface area contributed by atoms with E-state index >= 15 is 0 Å². The van der Waals surface area contributed by atoms with E-state index in [1.54, 1.807) is 0 Å². The number of ether oxygens (including phenoxy) is 1. The van der Waals surface area contributed by atoms with Gasteiger partial charge >= 0.3 is 0 Å². The Morgan fingerprint density at radius 3 is 2.89 bits per heavy atom. The molecule has 4 rings (SSSR count). The third-order valence-corrected chi connectivity index (χ3v) is 7.00. The van der Waals surface area contributed by atoms with Crippen LogP contribution in [0.5, 0.6) is 0 Å². The van der Waals surface area contributed by atoms with Gasteiger partial charge in [-0.1, -0.05) is 0 Å². The van der Waals surface area contributed by atoms with Gasteiger partial charge in [0.25, 0.3) is 0 Å². The lowest BCUT2D eigenvalue weighted by Crippen LogP contribution is -2.39. The summed E-state index contributed by atoms with van der Waals surface area (Å²) >= 11 is 0. The monoisotopic (exact) mass is 374 g/mol. The third kappa shape index (κ3) is 4.21. The van der Waals surface area contributed by atoms with E-state index < -0.39 is 0 Å². The summed E-state index contributed by atoms with van der Waals surface area (Å²) < 4.78 is 7.62. The highest BCUT2D eigenvalue weighted by molar-refractivity contribution is 5.77. The van der Waals surface area contributed by atoms with Crippen molar-refractivity contribution >= 4 is 5.91 Å². The maximum atomic E-state index is 13.3. The predicted octanol–water partition coefficient (Wildman–Crippen LogP) is 2.58. The Hall–Kier alpha value is -1.40. The van der Waals surface area contributed by atoms with Gasteiger partial charge in [-0.2, -0.15) is 0 Å². The Morgan fingerprint density at radius 2 is 2.15 bits per heavy atom. The van der Waals surface area contributed by atoms with Crippen molar-refractivity contribution in [2.45, 2.75) is 71.0 Å². The van der Waals surface area contributed by atoms with Crippen LogP contribution >= 0.6 is 0 Å². The minimum atomic E-state index is 0.326. The molecule has 1 saturated carbocycles. The number of piperidine rings is 1. The standard InChI is InChI=1S/C21H34N4O2/c1-2-24-12-11-23-19(24)16-25(18-15-21(18)7-9-22-10-8-21)20(26)4-3-17-5-13-27-14-6-17/h11-12,17-18,22H,2-10,13-16H2,1H3/t18-/m0/s1. The fourth-order valence-electron chi connectivity index (χ4n) is 5.04. The van der Waals surface area contributed by atoms with E-state index in [2.05, 4.69) is 26.7 Å². The highest BCUT2D eigenvalue weighted by atomic mass is 16.5. The van der Waals surface area contributed by atoms with Gasteiger partial charge in [0.1, 0.15) is 5.82 Å². The molecule has 1 aromatic heterocycles. The van der Waals surface area contributed by atoms with E-state index in [4.69, 9.17) is 4.74 Å². The van der Waals surface area contributed by atoms with Crippen molar-refractivity contribution in [1.82, 2.24) is 19.8 Å². The van der Waals surface area contributed by atoms with Crippen LogP contribution in [0.15, 0.2) is 12.4 Å². The summed E-state index contributed by atoms with van der Waals surface area (Å²) in [6.07, 6.45) is 11.3. The molecule has 0 unspecified atom stereocenters. The molecule has 150 valence electrons. The van der Waals surface area contributed by atoms with Crippen LogP contribution < -0.4 is 5.32 Å². The largest absolute Gasteiger partial charge is 0.381 e. The first-order valence-electron chi connectivity index (χ1n) is 10.8. The van der Waals surface area contributed by atoms with Crippen LogP contribution in [0.2, 0.25) is 0 Å². The number of nitrogens with zero attached hydrogens (tertiary/aromatic N) is 3. The zero-order valence-electron chi connectivity index (χ0n) is 16.7. The lowest BCUT2D eigenvalue weighted by Gasteiger charge is -2.30. The van der Waals surface area contributed by atoms with E-state index in [1.807, 2.05) is 12.4 Å². The van der Waals surface area contributed by atoms with Crippen LogP contribution in [0, 0.1) is 11.3 Å². The summed E-state index contributed by atoms with van der Waals surface area (Å²) in [4.78, 5) is 20.0. The van der Waals surface area contributed by atoms with E-state index in [9.17, 15) is 4.79 Å². The van der Waals surface area contributed by atoms with Crippen molar-refractivity contribution < 1.29 is 9.53 Å².